The second-order valence-electron chi connectivity index (χ2n) is 11.6. The van der Waals surface area contributed by atoms with E-state index in [0.717, 1.165) is 36.8 Å². The molecule has 2 fully saturated rings. The van der Waals surface area contributed by atoms with Gasteiger partial charge in [-0.1, -0.05) is 23.7 Å². The third-order valence-electron chi connectivity index (χ3n) is 8.94. The van der Waals surface area contributed by atoms with Crippen LogP contribution in [0.1, 0.15) is 46.0 Å². The Morgan fingerprint density at radius 1 is 1.11 bits per heavy atom. The number of hydrogen-bond acceptors (Lipinski definition) is 7. The number of aromatic carboxylic acids is 1. The largest absolute Gasteiger partial charge is 0.494 e. The first kappa shape index (κ1) is 29.2. The third-order valence-corrected chi connectivity index (χ3v) is 9.17. The van der Waals surface area contributed by atoms with E-state index in [-0.39, 0.29) is 12.2 Å². The number of benzene rings is 2. The molecule has 0 bridgehead atoms. The van der Waals surface area contributed by atoms with Crippen LogP contribution in [-0.2, 0) is 26.2 Å². The lowest BCUT2D eigenvalue weighted by Crippen LogP contribution is -2.26. The Morgan fingerprint density at radius 2 is 1.93 bits per heavy atom. The number of aromatic nitrogens is 5. The molecule has 0 radical (unpaired) electrons. The molecule has 3 atom stereocenters. The summed E-state index contributed by atoms with van der Waals surface area (Å²) in [6, 6.07) is 13.5. The summed E-state index contributed by atoms with van der Waals surface area (Å²) in [6.45, 7) is 5.82. The van der Waals surface area contributed by atoms with E-state index in [1.807, 2.05) is 18.3 Å². The van der Waals surface area contributed by atoms with Gasteiger partial charge < -0.3 is 23.7 Å². The van der Waals surface area contributed by atoms with Gasteiger partial charge in [-0.05, 0) is 49.1 Å². The Hall–Kier alpha value is -4.48. The molecule has 0 spiro atoms. The van der Waals surface area contributed by atoms with E-state index in [4.69, 9.17) is 31.0 Å². The van der Waals surface area contributed by atoms with Crippen LogP contribution in [0.15, 0.2) is 61.1 Å². The number of halogens is 2. The molecule has 232 valence electrons. The number of nitrogens with zero attached hydrogens (tertiary/aromatic N) is 6. The van der Waals surface area contributed by atoms with E-state index >= 15 is 0 Å². The van der Waals surface area contributed by atoms with Gasteiger partial charge in [-0.15, -0.1) is 0 Å². The van der Waals surface area contributed by atoms with Gasteiger partial charge in [0.25, 0.3) is 0 Å². The van der Waals surface area contributed by atoms with Crippen LogP contribution in [0.2, 0.25) is 5.02 Å². The fourth-order valence-electron chi connectivity index (χ4n) is 6.61. The van der Waals surface area contributed by atoms with Crippen LogP contribution >= 0.6 is 11.6 Å². The highest BCUT2D eigenvalue weighted by molar-refractivity contribution is 6.30. The van der Waals surface area contributed by atoms with Gasteiger partial charge in [0, 0.05) is 54.1 Å². The Balaban J connectivity index is 1.08. The molecule has 0 amide bonds. The third kappa shape index (κ3) is 5.62. The van der Waals surface area contributed by atoms with Crippen molar-refractivity contribution in [3.8, 4) is 11.6 Å². The summed E-state index contributed by atoms with van der Waals surface area (Å²) >= 11 is 5.86. The molecule has 2 aromatic carbocycles. The molecule has 7 rings (SSSR count). The summed E-state index contributed by atoms with van der Waals surface area (Å²) in [5.41, 5.74) is 3.93. The second-order valence-corrected chi connectivity index (χ2v) is 12.0. The maximum absolute atomic E-state index is 14.2. The smallest absolute Gasteiger partial charge is 0.335 e. The Bertz CT molecular complexity index is 1900. The minimum Gasteiger partial charge on any atom is -0.494 e. The van der Waals surface area contributed by atoms with E-state index < -0.39 is 11.8 Å². The summed E-state index contributed by atoms with van der Waals surface area (Å²) in [6.07, 6.45) is 3.64. The lowest BCUT2D eigenvalue weighted by molar-refractivity contribution is 0.0696. The van der Waals surface area contributed by atoms with E-state index in [9.17, 15) is 14.3 Å². The molecule has 5 aromatic rings. The summed E-state index contributed by atoms with van der Waals surface area (Å²) in [7, 11) is 1.53. The minimum atomic E-state index is -1.02. The number of methoxy groups -OCH3 is 1. The van der Waals surface area contributed by atoms with Crippen LogP contribution in [0.25, 0.3) is 11.0 Å². The number of rotatable bonds is 11. The summed E-state index contributed by atoms with van der Waals surface area (Å²) in [4.78, 5) is 28.4. The molecular formula is C33H32ClFN6O4. The molecular weight excluding hydrogens is 599 g/mol. The van der Waals surface area contributed by atoms with Crippen molar-refractivity contribution in [1.82, 2.24) is 29.0 Å². The van der Waals surface area contributed by atoms with Crippen LogP contribution in [0, 0.1) is 17.7 Å². The van der Waals surface area contributed by atoms with Gasteiger partial charge in [0.15, 0.2) is 0 Å². The number of aryl methyl sites for hydroxylation is 1. The Labute approximate surface area is 264 Å². The fraction of sp³-hybridized carbons (Fsp3) is 0.333. The van der Waals surface area contributed by atoms with Crippen molar-refractivity contribution in [2.45, 2.75) is 39.1 Å². The van der Waals surface area contributed by atoms with Crippen molar-refractivity contribution in [3.63, 3.8) is 0 Å². The Kier molecular flexibility index (Phi) is 7.66. The topological polar surface area (TPSA) is 108 Å². The quantitative estimate of drug-likeness (QED) is 0.200. The SMILES string of the molecule is CCn1cncc1Cn1c(CN2C[C@@H]3C(c4cccc(OCc5ccc(Cl)cc5F)n4)[C@@H]3C2)nc2c(OC)cc(C(=O)O)cc21. The van der Waals surface area contributed by atoms with Gasteiger partial charge in [0.1, 0.15) is 29.5 Å². The second kappa shape index (κ2) is 11.8. The zero-order valence-corrected chi connectivity index (χ0v) is 25.6. The summed E-state index contributed by atoms with van der Waals surface area (Å²) in [5.74, 6) is 1.60. The molecule has 3 aromatic heterocycles. The molecule has 1 saturated carbocycles. The van der Waals surface area contributed by atoms with E-state index in [1.54, 1.807) is 30.6 Å². The van der Waals surface area contributed by atoms with Crippen LogP contribution in [0.4, 0.5) is 4.39 Å². The van der Waals surface area contributed by atoms with Crippen molar-refractivity contribution in [1.29, 1.82) is 0 Å². The number of carbonyl (C=O) groups is 1. The zero-order valence-electron chi connectivity index (χ0n) is 24.9. The van der Waals surface area contributed by atoms with Crippen molar-refractivity contribution in [2.24, 2.45) is 11.8 Å². The van der Waals surface area contributed by atoms with Gasteiger partial charge in [-0.25, -0.2) is 24.1 Å². The number of carboxylic acids is 1. The zero-order chi connectivity index (χ0) is 31.2. The number of hydrogen-bond donors (Lipinski definition) is 1. The number of piperidine rings is 1. The van der Waals surface area contributed by atoms with Crippen LogP contribution in [-0.4, -0.2) is 60.3 Å². The van der Waals surface area contributed by atoms with Gasteiger partial charge >= 0.3 is 5.97 Å². The molecule has 12 heteroatoms. The van der Waals surface area contributed by atoms with E-state index in [2.05, 4.69) is 25.9 Å². The normalized spacial score (nSPS) is 19.2. The first-order valence-corrected chi connectivity index (χ1v) is 15.3. The molecule has 1 aliphatic heterocycles. The maximum Gasteiger partial charge on any atom is 0.335 e. The van der Waals surface area contributed by atoms with Gasteiger partial charge in [0.05, 0.1) is 43.3 Å². The van der Waals surface area contributed by atoms with Gasteiger partial charge in [0.2, 0.25) is 5.88 Å². The number of fused-ring (bicyclic) bond motifs is 2. The van der Waals surface area contributed by atoms with Crippen molar-refractivity contribution in [2.75, 3.05) is 20.2 Å². The highest BCUT2D eigenvalue weighted by atomic mass is 35.5. The maximum atomic E-state index is 14.2. The number of carboxylic acid groups (broad SMARTS) is 1. The molecule has 4 heterocycles. The number of ether oxygens (including phenoxy) is 2. The average Bonchev–Trinajstić information content (AvgIpc) is 3.36. The number of likely N-dealkylation sites (tertiary alicyclic amines) is 1. The van der Waals surface area contributed by atoms with Gasteiger partial charge in [-0.2, -0.15) is 0 Å². The number of imidazole rings is 2. The fourth-order valence-corrected chi connectivity index (χ4v) is 6.77. The van der Waals surface area contributed by atoms with E-state index in [1.165, 1.54) is 19.2 Å². The van der Waals surface area contributed by atoms with Crippen molar-refractivity contribution >= 4 is 28.6 Å². The molecule has 1 N–H and O–H groups in total. The van der Waals surface area contributed by atoms with Crippen LogP contribution in [0.3, 0.4) is 0 Å². The van der Waals surface area contributed by atoms with Crippen LogP contribution < -0.4 is 9.47 Å². The lowest BCUT2D eigenvalue weighted by Gasteiger charge is -2.20. The average molecular weight is 631 g/mol. The number of pyridine rings is 1. The monoisotopic (exact) mass is 630 g/mol. The molecule has 10 nitrogen and oxygen atoms in total. The Morgan fingerprint density at radius 3 is 2.67 bits per heavy atom. The highest BCUT2D eigenvalue weighted by Gasteiger charge is 2.57. The molecule has 1 unspecified atom stereocenters. The van der Waals surface area contributed by atoms with Crippen molar-refractivity contribution in [3.05, 3.63) is 100 Å². The van der Waals surface area contributed by atoms with Gasteiger partial charge in [-0.3, -0.25) is 4.90 Å². The first-order valence-electron chi connectivity index (χ1n) is 14.9. The first-order chi connectivity index (χ1) is 21.8. The molecule has 2 aliphatic rings. The highest BCUT2D eigenvalue weighted by Crippen LogP contribution is 2.58. The van der Waals surface area contributed by atoms with Crippen LogP contribution in [0.5, 0.6) is 11.6 Å². The minimum absolute atomic E-state index is 0.0730. The summed E-state index contributed by atoms with van der Waals surface area (Å²) in [5, 5.41) is 10.1. The molecule has 1 aliphatic carbocycles. The lowest BCUT2D eigenvalue weighted by atomic mass is 10.1. The molecule has 45 heavy (non-hydrogen) atoms. The standard InChI is InChI=1S/C33H32ClFN6O4/c1-3-40-18-36-12-22(40)13-41-27-9-20(33(42)43)10-28(44-2)32(27)38-29(41)16-39-14-23-24(15-39)31(23)26-5-4-6-30(37-26)45-17-19-7-8-21(34)11-25(19)35/h4-12,18,23-24,31H,3,13-17H2,1-2H3,(H,42,43)/t23-,24+,31?. The predicted octanol–water partition coefficient (Wildman–Crippen LogP) is 5.62. The van der Waals surface area contributed by atoms with Crippen molar-refractivity contribution < 1.29 is 23.8 Å². The van der Waals surface area contributed by atoms with E-state index in [0.29, 0.717) is 64.1 Å². The predicted molar refractivity (Wildman–Crippen MR) is 165 cm³/mol. The summed E-state index contributed by atoms with van der Waals surface area (Å²) < 4.78 is 29.7. The molecule has 1 saturated heterocycles.